The maximum absolute atomic E-state index is 2.88. The summed E-state index contributed by atoms with van der Waals surface area (Å²) in [4.78, 5) is 8.45. The standard InChI is InChI=1S/C78H76BN3S2/c1-73(2,3)48-31-35-61(55(41-48)47-23-14-13-15-24-47)81-66-44-50(82-62-36-32-49(74(4,5)6)42-58(62)77(11)37-20-21-38-78(77,82)12)43-65-69(66)79(59-34-33-54-52-26-17-19-30-68(52)84-72(54)70(59)81)60-45-56-57(76(9,10)40-39-75(56,7)8)46-64(60)80(65)63-28-22-27-53-51-25-16-18-29-67(51)83-71(53)63/h13-19,22-36,41-46H,20-21,37-40H2,1-12H3. The van der Waals surface area contributed by atoms with E-state index in [2.05, 4.69) is 268 Å². The summed E-state index contributed by atoms with van der Waals surface area (Å²) >= 11 is 3.93. The molecule has 11 aromatic rings. The molecule has 2 unspecified atom stereocenters. The van der Waals surface area contributed by atoms with Crippen LogP contribution in [-0.2, 0) is 27.1 Å². The average molecular weight is 1130 g/mol. The predicted octanol–water partition coefficient (Wildman–Crippen LogP) is 20.9. The maximum atomic E-state index is 2.88. The summed E-state index contributed by atoms with van der Waals surface area (Å²) in [5.74, 6) is 0. The summed E-state index contributed by atoms with van der Waals surface area (Å²) in [6.45, 7) is 29.5. The Hall–Kier alpha value is -7.12. The van der Waals surface area contributed by atoms with Gasteiger partial charge in [0.05, 0.1) is 32.0 Å². The summed E-state index contributed by atoms with van der Waals surface area (Å²) in [5, 5.41) is 5.29. The van der Waals surface area contributed by atoms with Crippen LogP contribution in [0, 0.1) is 0 Å². The Kier molecular flexibility index (Phi) is 11.1. The van der Waals surface area contributed by atoms with E-state index >= 15 is 0 Å². The number of nitrogens with zero attached hydrogens (tertiary/aromatic N) is 3. The second kappa shape index (κ2) is 17.7. The molecule has 5 heterocycles. The number of hydrogen-bond donors (Lipinski definition) is 0. The molecule has 0 spiro atoms. The molecule has 2 aromatic heterocycles. The van der Waals surface area contributed by atoms with Gasteiger partial charge in [0.1, 0.15) is 0 Å². The van der Waals surface area contributed by atoms with Crippen LogP contribution in [0.4, 0.5) is 45.5 Å². The fourth-order valence-electron chi connectivity index (χ4n) is 16.5. The third-order valence-corrected chi connectivity index (χ3v) is 24.0. The Morgan fingerprint density at radius 2 is 1.01 bits per heavy atom. The van der Waals surface area contributed by atoms with E-state index in [1.807, 2.05) is 22.7 Å². The first-order valence-corrected chi connectivity index (χ1v) is 32.7. The second-order valence-corrected chi connectivity index (χ2v) is 31.5. The molecule has 6 heteroatoms. The molecule has 0 saturated heterocycles. The normalized spacial score (nSPS) is 20.3. The van der Waals surface area contributed by atoms with Crippen LogP contribution in [0.1, 0.15) is 149 Å². The van der Waals surface area contributed by atoms with Crippen molar-refractivity contribution in [2.45, 2.75) is 154 Å². The van der Waals surface area contributed by atoms with Crippen LogP contribution < -0.4 is 31.1 Å². The van der Waals surface area contributed by atoms with Crippen LogP contribution in [0.25, 0.3) is 51.5 Å². The number of fused-ring (bicyclic) bond motifs is 15. The smallest absolute Gasteiger partial charge is 0.252 e. The van der Waals surface area contributed by atoms with Crippen molar-refractivity contribution in [2.75, 3.05) is 14.7 Å². The van der Waals surface area contributed by atoms with Gasteiger partial charge in [-0.1, -0.05) is 204 Å². The van der Waals surface area contributed by atoms with Crippen LogP contribution >= 0.6 is 22.7 Å². The first-order chi connectivity index (χ1) is 40.1. The van der Waals surface area contributed by atoms with Crippen LogP contribution in [0.15, 0.2) is 170 Å². The SMILES string of the molecule is CC(C)(C)c1ccc(N2c3cc(N4c5ccc(C(C)(C)C)cc5C5(C)CCCCC45C)cc4c3B(c3cc5c(cc3N4c3cccc4c3sc3ccccc34)C(C)(C)CCC5(C)C)c3ccc4c(sc5ccccc54)c32)c(-c2ccccc2)c1. The monoisotopic (exact) mass is 1130 g/mol. The molecule has 9 aromatic carbocycles. The molecule has 2 aliphatic carbocycles. The van der Waals surface area contributed by atoms with Crippen molar-refractivity contribution in [1.29, 1.82) is 0 Å². The van der Waals surface area contributed by atoms with Crippen LogP contribution in [0.5, 0.6) is 0 Å². The quantitative estimate of drug-likeness (QED) is 0.163. The van der Waals surface area contributed by atoms with Gasteiger partial charge in [0, 0.05) is 70.4 Å². The highest BCUT2D eigenvalue weighted by molar-refractivity contribution is 7.27. The summed E-state index contributed by atoms with van der Waals surface area (Å²) in [6, 6.07) is 67.5. The molecule has 16 rings (SSSR count). The van der Waals surface area contributed by atoms with Gasteiger partial charge in [-0.25, -0.2) is 0 Å². The molecule has 3 aliphatic heterocycles. The minimum Gasteiger partial charge on any atom is -0.334 e. The number of anilines is 8. The molecular weight excluding hydrogens is 1050 g/mol. The lowest BCUT2D eigenvalue weighted by Gasteiger charge is -2.51. The Bertz CT molecular complexity index is 4600. The molecule has 0 amide bonds. The van der Waals surface area contributed by atoms with E-state index in [9.17, 15) is 0 Å². The Labute approximate surface area is 506 Å². The van der Waals surface area contributed by atoms with E-state index in [0.717, 1.165) is 25.7 Å². The van der Waals surface area contributed by atoms with Crippen molar-refractivity contribution in [3.05, 3.63) is 198 Å². The van der Waals surface area contributed by atoms with Crippen molar-refractivity contribution in [1.82, 2.24) is 0 Å². The largest absolute Gasteiger partial charge is 0.334 e. The van der Waals surface area contributed by atoms with Gasteiger partial charge >= 0.3 is 0 Å². The Balaban J connectivity index is 1.10. The summed E-state index contributed by atoms with van der Waals surface area (Å²) < 4.78 is 5.32. The molecule has 418 valence electrons. The van der Waals surface area contributed by atoms with Gasteiger partial charge in [-0.2, -0.15) is 0 Å². The highest BCUT2D eigenvalue weighted by atomic mass is 32.1. The van der Waals surface area contributed by atoms with Crippen molar-refractivity contribution < 1.29 is 0 Å². The van der Waals surface area contributed by atoms with Gasteiger partial charge in [0.2, 0.25) is 0 Å². The predicted molar refractivity (Wildman–Crippen MR) is 367 cm³/mol. The molecular formula is C78H76BN3S2. The van der Waals surface area contributed by atoms with Gasteiger partial charge in [-0.3, -0.25) is 0 Å². The zero-order valence-electron chi connectivity index (χ0n) is 51.1. The summed E-state index contributed by atoms with van der Waals surface area (Å²) in [6.07, 6.45) is 7.02. The molecule has 0 radical (unpaired) electrons. The third-order valence-electron chi connectivity index (χ3n) is 21.6. The molecule has 1 fully saturated rings. The Morgan fingerprint density at radius 3 is 1.70 bits per heavy atom. The number of thiophene rings is 2. The summed E-state index contributed by atoms with van der Waals surface area (Å²) in [5.41, 5.74) is 23.8. The van der Waals surface area contributed by atoms with E-state index in [0.29, 0.717) is 0 Å². The molecule has 2 atom stereocenters. The van der Waals surface area contributed by atoms with E-state index in [-0.39, 0.29) is 39.3 Å². The van der Waals surface area contributed by atoms with E-state index in [1.165, 1.54) is 154 Å². The summed E-state index contributed by atoms with van der Waals surface area (Å²) in [7, 11) is 0. The fraction of sp³-hybridized carbons (Fsp3) is 0.308. The Morgan fingerprint density at radius 1 is 0.429 bits per heavy atom. The van der Waals surface area contributed by atoms with Crippen molar-refractivity contribution in [3.8, 4) is 11.1 Å². The van der Waals surface area contributed by atoms with Gasteiger partial charge in [0.25, 0.3) is 6.71 Å². The molecule has 3 nitrogen and oxygen atoms in total. The topological polar surface area (TPSA) is 9.72 Å². The number of hydrogen-bond acceptors (Lipinski definition) is 5. The van der Waals surface area contributed by atoms with Gasteiger partial charge in [0.15, 0.2) is 0 Å². The highest BCUT2D eigenvalue weighted by Gasteiger charge is 2.59. The lowest BCUT2D eigenvalue weighted by molar-refractivity contribution is 0.195. The lowest BCUT2D eigenvalue weighted by atomic mass is 9.33. The van der Waals surface area contributed by atoms with Gasteiger partial charge < -0.3 is 14.7 Å². The van der Waals surface area contributed by atoms with Gasteiger partial charge in [-0.15, -0.1) is 22.7 Å². The molecule has 0 N–H and O–H groups in total. The van der Waals surface area contributed by atoms with E-state index < -0.39 is 0 Å². The van der Waals surface area contributed by atoms with Crippen molar-refractivity contribution >= 4 is 132 Å². The van der Waals surface area contributed by atoms with E-state index in [1.54, 1.807) is 0 Å². The number of rotatable bonds is 4. The minimum absolute atomic E-state index is 0.000390. The molecule has 5 aliphatic rings. The van der Waals surface area contributed by atoms with Crippen LogP contribution in [0.2, 0.25) is 0 Å². The van der Waals surface area contributed by atoms with Crippen LogP contribution in [0.3, 0.4) is 0 Å². The molecule has 1 saturated carbocycles. The van der Waals surface area contributed by atoms with E-state index in [4.69, 9.17) is 0 Å². The van der Waals surface area contributed by atoms with Crippen molar-refractivity contribution in [3.63, 3.8) is 0 Å². The first-order valence-electron chi connectivity index (χ1n) is 31.1. The number of benzene rings is 9. The first kappa shape index (κ1) is 52.4. The molecule has 0 bridgehead atoms. The molecule has 84 heavy (non-hydrogen) atoms. The van der Waals surface area contributed by atoms with Gasteiger partial charge in [-0.05, 0) is 159 Å². The highest BCUT2D eigenvalue weighted by Crippen LogP contribution is 2.63. The maximum Gasteiger partial charge on any atom is 0.252 e. The lowest BCUT2D eigenvalue weighted by Crippen LogP contribution is -2.62. The second-order valence-electron chi connectivity index (χ2n) is 29.4. The van der Waals surface area contributed by atoms with Crippen LogP contribution in [-0.4, -0.2) is 12.3 Å². The zero-order chi connectivity index (χ0) is 57.8. The average Bonchev–Trinajstić information content (AvgIpc) is 1.18. The zero-order valence-corrected chi connectivity index (χ0v) is 52.8. The third kappa shape index (κ3) is 7.29. The fourth-order valence-corrected chi connectivity index (χ4v) is 19.0. The van der Waals surface area contributed by atoms with Crippen molar-refractivity contribution in [2.24, 2.45) is 0 Å². The minimum atomic E-state index is -0.193.